The van der Waals surface area contributed by atoms with Crippen LogP contribution in [0.1, 0.15) is 56.1 Å². The number of hydrogen-bond acceptors (Lipinski definition) is 6. The first kappa shape index (κ1) is 25.0. The Labute approximate surface area is 210 Å². The van der Waals surface area contributed by atoms with Crippen LogP contribution in [0.4, 0.5) is 0 Å². The molecule has 0 aromatic heterocycles. The van der Waals surface area contributed by atoms with Gasteiger partial charge < -0.3 is 14.2 Å². The maximum atomic E-state index is 13.7. The fourth-order valence-corrected chi connectivity index (χ4v) is 5.32. The summed E-state index contributed by atoms with van der Waals surface area (Å²) in [7, 11) is 3.18. The van der Waals surface area contributed by atoms with Gasteiger partial charge in [-0.1, -0.05) is 42.8 Å². The maximum Gasteiger partial charge on any atom is 0.315 e. The summed E-state index contributed by atoms with van der Waals surface area (Å²) < 4.78 is 16.3. The van der Waals surface area contributed by atoms with E-state index in [0.717, 1.165) is 11.1 Å². The second-order valence-corrected chi connectivity index (χ2v) is 9.31. The molecule has 2 aliphatic rings. The first-order valence-corrected chi connectivity index (χ1v) is 12.2. The Morgan fingerprint density at radius 2 is 1.83 bits per heavy atom. The number of carbonyl (C=O) groups is 2. The lowest BCUT2D eigenvalue weighted by molar-refractivity contribution is -0.146. The number of ketones is 1. The molecule has 0 saturated carbocycles. The van der Waals surface area contributed by atoms with Crippen molar-refractivity contribution in [2.75, 3.05) is 20.8 Å². The molecule has 0 saturated heterocycles. The Morgan fingerprint density at radius 3 is 2.51 bits per heavy atom. The Kier molecular flexibility index (Phi) is 7.60. The van der Waals surface area contributed by atoms with E-state index in [1.807, 2.05) is 50.2 Å². The van der Waals surface area contributed by atoms with Crippen LogP contribution in [-0.2, 0) is 14.3 Å². The predicted octanol–water partition coefficient (Wildman–Crippen LogP) is 5.89. The summed E-state index contributed by atoms with van der Waals surface area (Å²) in [5, 5.41) is 0.516. The van der Waals surface area contributed by atoms with Crippen molar-refractivity contribution in [2.24, 2.45) is 10.9 Å². The molecule has 0 amide bonds. The number of rotatable bonds is 7. The number of hydrogen-bond donors (Lipinski definition) is 0. The molecule has 0 N–H and O–H groups in total. The van der Waals surface area contributed by atoms with Crippen LogP contribution in [0.3, 0.4) is 0 Å². The lowest BCUT2D eigenvalue weighted by Gasteiger charge is -2.36. The zero-order valence-corrected chi connectivity index (χ0v) is 21.2. The smallest absolute Gasteiger partial charge is 0.315 e. The van der Waals surface area contributed by atoms with Gasteiger partial charge in [0.2, 0.25) is 0 Å². The number of aliphatic imine (C=N–C) groups is 1. The van der Waals surface area contributed by atoms with Crippen molar-refractivity contribution < 1.29 is 23.8 Å². The van der Waals surface area contributed by atoms with Gasteiger partial charge in [-0.2, -0.15) is 0 Å². The van der Waals surface area contributed by atoms with E-state index in [4.69, 9.17) is 30.8 Å². The van der Waals surface area contributed by atoms with Gasteiger partial charge in [0.05, 0.1) is 20.8 Å². The Hall–Kier alpha value is -3.12. The minimum atomic E-state index is -0.693. The highest BCUT2D eigenvalue weighted by Crippen LogP contribution is 2.48. The molecular weight excluding hydrogens is 466 g/mol. The van der Waals surface area contributed by atoms with E-state index in [0.29, 0.717) is 59.4 Å². The van der Waals surface area contributed by atoms with Gasteiger partial charge in [-0.15, -0.1) is 0 Å². The Balaban J connectivity index is 1.77. The standard InChI is InChI=1S/C28H30ClNO5/c1-5-12-35-28(32)25-16(2)30-21-13-18(17-10-11-23(33-3)24(15-17)34-4)14-22(31)27(21)26(25)19-8-6-7-9-20(19)29/h6-11,15,18,25-26H,5,12-14H2,1-4H3. The largest absolute Gasteiger partial charge is 0.493 e. The van der Waals surface area contributed by atoms with E-state index in [1.165, 1.54) is 0 Å². The fourth-order valence-electron chi connectivity index (χ4n) is 5.06. The van der Waals surface area contributed by atoms with Crippen LogP contribution in [0.25, 0.3) is 0 Å². The highest BCUT2D eigenvalue weighted by molar-refractivity contribution is 6.31. The van der Waals surface area contributed by atoms with Crippen LogP contribution in [-0.4, -0.2) is 38.3 Å². The molecule has 3 atom stereocenters. The number of Topliss-reactive ketones (excluding diaryl/α,β-unsaturated/α-hetero) is 1. The van der Waals surface area contributed by atoms with Crippen LogP contribution in [0.5, 0.6) is 11.5 Å². The minimum absolute atomic E-state index is 0.0273. The third-order valence-electron chi connectivity index (χ3n) is 6.71. The van der Waals surface area contributed by atoms with Crippen molar-refractivity contribution in [1.82, 2.24) is 0 Å². The quantitative estimate of drug-likeness (QED) is 0.448. The summed E-state index contributed by atoms with van der Waals surface area (Å²) in [6, 6.07) is 13.1. The lowest BCUT2D eigenvalue weighted by Crippen LogP contribution is -2.38. The van der Waals surface area contributed by atoms with E-state index in [-0.39, 0.29) is 17.7 Å². The second kappa shape index (κ2) is 10.6. The number of esters is 1. The van der Waals surface area contributed by atoms with Gasteiger partial charge in [0.1, 0.15) is 5.92 Å². The van der Waals surface area contributed by atoms with Crippen molar-refractivity contribution in [2.45, 2.75) is 44.9 Å². The van der Waals surface area contributed by atoms with Gasteiger partial charge in [-0.25, -0.2) is 0 Å². The van der Waals surface area contributed by atoms with E-state index in [1.54, 1.807) is 20.3 Å². The van der Waals surface area contributed by atoms with E-state index < -0.39 is 11.8 Å². The van der Waals surface area contributed by atoms with E-state index in [9.17, 15) is 9.59 Å². The molecule has 4 rings (SSSR count). The molecule has 0 spiro atoms. The summed E-state index contributed by atoms with van der Waals surface area (Å²) in [5.74, 6) is -0.431. The zero-order chi connectivity index (χ0) is 25.1. The van der Waals surface area contributed by atoms with Crippen LogP contribution < -0.4 is 9.47 Å². The molecule has 1 aliphatic heterocycles. The number of nitrogens with zero attached hydrogens (tertiary/aromatic N) is 1. The Bertz CT molecular complexity index is 1200. The molecule has 7 heteroatoms. The first-order chi connectivity index (χ1) is 16.9. The minimum Gasteiger partial charge on any atom is -0.493 e. The van der Waals surface area contributed by atoms with Gasteiger partial charge in [0, 0.05) is 34.3 Å². The number of benzene rings is 2. The van der Waals surface area contributed by atoms with Crippen molar-refractivity contribution in [3.05, 3.63) is 69.9 Å². The second-order valence-electron chi connectivity index (χ2n) is 8.90. The Morgan fingerprint density at radius 1 is 1.09 bits per heavy atom. The lowest BCUT2D eigenvalue weighted by atomic mass is 9.69. The zero-order valence-electron chi connectivity index (χ0n) is 20.5. The molecule has 2 aromatic carbocycles. The summed E-state index contributed by atoms with van der Waals surface area (Å²) in [6.45, 7) is 4.09. The predicted molar refractivity (Wildman–Crippen MR) is 136 cm³/mol. The van der Waals surface area contributed by atoms with Crippen LogP contribution in [0.2, 0.25) is 5.02 Å². The molecule has 35 heavy (non-hydrogen) atoms. The SMILES string of the molecule is CCCOC(=O)C1C(C)=NC2=C(C(=O)CC(c3ccc(OC)c(OC)c3)C2)C1c1ccccc1Cl. The first-order valence-electron chi connectivity index (χ1n) is 11.8. The molecular formula is C28H30ClNO5. The van der Waals surface area contributed by atoms with E-state index >= 15 is 0 Å². The van der Waals surface area contributed by atoms with Crippen molar-refractivity contribution in [3.8, 4) is 11.5 Å². The molecule has 0 radical (unpaired) electrons. The van der Waals surface area contributed by atoms with Crippen molar-refractivity contribution >= 4 is 29.1 Å². The summed E-state index contributed by atoms with van der Waals surface area (Å²) >= 11 is 6.59. The maximum absolute atomic E-state index is 13.7. The normalized spacial score (nSPS) is 21.8. The average molecular weight is 496 g/mol. The fraction of sp³-hybridized carbons (Fsp3) is 0.393. The summed E-state index contributed by atoms with van der Waals surface area (Å²) in [4.78, 5) is 31.6. The van der Waals surface area contributed by atoms with E-state index in [2.05, 4.69) is 0 Å². The third kappa shape index (κ3) is 4.85. The van der Waals surface area contributed by atoms with Gasteiger partial charge in [0.15, 0.2) is 17.3 Å². The molecule has 6 nitrogen and oxygen atoms in total. The van der Waals surface area contributed by atoms with Gasteiger partial charge in [-0.3, -0.25) is 14.6 Å². The number of methoxy groups -OCH3 is 2. The van der Waals surface area contributed by atoms with Crippen LogP contribution in [0, 0.1) is 5.92 Å². The van der Waals surface area contributed by atoms with Gasteiger partial charge >= 0.3 is 5.97 Å². The molecule has 1 heterocycles. The molecule has 1 aliphatic carbocycles. The highest BCUT2D eigenvalue weighted by Gasteiger charge is 2.45. The van der Waals surface area contributed by atoms with Crippen LogP contribution >= 0.6 is 11.6 Å². The van der Waals surface area contributed by atoms with Gasteiger partial charge in [-0.05, 0) is 55.0 Å². The third-order valence-corrected chi connectivity index (χ3v) is 7.05. The molecule has 3 unspecified atom stereocenters. The molecule has 2 aromatic rings. The highest BCUT2D eigenvalue weighted by atomic mass is 35.5. The average Bonchev–Trinajstić information content (AvgIpc) is 2.86. The summed E-state index contributed by atoms with van der Waals surface area (Å²) in [5.41, 5.74) is 3.64. The topological polar surface area (TPSA) is 74.2 Å². The number of carbonyl (C=O) groups excluding carboxylic acids is 2. The number of halogens is 1. The number of ether oxygens (including phenoxy) is 3. The molecule has 184 valence electrons. The van der Waals surface area contributed by atoms with Gasteiger partial charge in [0.25, 0.3) is 0 Å². The monoisotopic (exact) mass is 495 g/mol. The van der Waals surface area contributed by atoms with Crippen molar-refractivity contribution in [3.63, 3.8) is 0 Å². The van der Waals surface area contributed by atoms with Crippen LogP contribution in [0.15, 0.2) is 58.7 Å². The number of allylic oxidation sites excluding steroid dienone is 2. The molecule has 0 bridgehead atoms. The van der Waals surface area contributed by atoms with Crippen molar-refractivity contribution in [1.29, 1.82) is 0 Å². The summed E-state index contributed by atoms with van der Waals surface area (Å²) in [6.07, 6.45) is 1.59. The molecule has 0 fully saturated rings.